The van der Waals surface area contributed by atoms with Gasteiger partial charge in [-0.3, -0.25) is 4.79 Å². The second-order valence-corrected chi connectivity index (χ2v) is 7.26. The smallest absolute Gasteiger partial charge is 0.228 e. The van der Waals surface area contributed by atoms with Crippen molar-refractivity contribution in [2.45, 2.75) is 33.6 Å². The molecule has 1 aliphatic rings. The van der Waals surface area contributed by atoms with Crippen molar-refractivity contribution in [2.75, 3.05) is 49.1 Å². The van der Waals surface area contributed by atoms with Gasteiger partial charge in [0.05, 0.1) is 5.69 Å². The molecule has 0 spiro atoms. The predicted octanol–water partition coefficient (Wildman–Crippen LogP) is 3.44. The van der Waals surface area contributed by atoms with Crippen LogP contribution in [0.1, 0.15) is 33.6 Å². The van der Waals surface area contributed by atoms with Crippen molar-refractivity contribution < 1.29 is 4.79 Å². The first-order valence-electron chi connectivity index (χ1n) is 10.3. The predicted molar refractivity (Wildman–Crippen MR) is 115 cm³/mol. The number of piperazine rings is 1. The molecule has 1 saturated heterocycles. The Morgan fingerprint density at radius 1 is 1.00 bits per heavy atom. The second-order valence-electron chi connectivity index (χ2n) is 7.26. The minimum absolute atomic E-state index is 0.136. The normalized spacial score (nSPS) is 14.2. The van der Waals surface area contributed by atoms with E-state index in [4.69, 9.17) is 9.97 Å². The van der Waals surface area contributed by atoms with E-state index in [1.54, 1.807) is 6.92 Å². The molecule has 6 nitrogen and oxygen atoms in total. The largest absolute Gasteiger partial charge is 0.356 e. The molecule has 0 unspecified atom stereocenters. The Kier molecular flexibility index (Phi) is 6.85. The van der Waals surface area contributed by atoms with Gasteiger partial charge < -0.3 is 14.7 Å². The molecule has 0 aliphatic carbocycles. The van der Waals surface area contributed by atoms with E-state index in [-0.39, 0.29) is 5.91 Å². The van der Waals surface area contributed by atoms with E-state index in [1.165, 1.54) is 0 Å². The van der Waals surface area contributed by atoms with Gasteiger partial charge in [-0.15, -0.1) is 0 Å². The third-order valence-electron chi connectivity index (χ3n) is 5.09. The van der Waals surface area contributed by atoms with Gasteiger partial charge in [-0.05, 0) is 12.8 Å². The number of hydrogen-bond donors (Lipinski definition) is 0. The molecule has 0 saturated carbocycles. The lowest BCUT2D eigenvalue weighted by Crippen LogP contribution is -2.48. The maximum atomic E-state index is 11.6. The fourth-order valence-corrected chi connectivity index (χ4v) is 3.58. The van der Waals surface area contributed by atoms with Crippen molar-refractivity contribution >= 4 is 17.7 Å². The van der Waals surface area contributed by atoms with E-state index in [2.05, 4.69) is 41.8 Å². The van der Waals surface area contributed by atoms with Crippen LogP contribution in [0.25, 0.3) is 11.3 Å². The van der Waals surface area contributed by atoms with Crippen molar-refractivity contribution in [1.29, 1.82) is 0 Å². The first kappa shape index (κ1) is 20.1. The fourth-order valence-electron chi connectivity index (χ4n) is 3.58. The van der Waals surface area contributed by atoms with Crippen LogP contribution in [0.15, 0.2) is 36.4 Å². The first-order chi connectivity index (χ1) is 13.6. The molecule has 1 fully saturated rings. The number of hydrogen-bond acceptors (Lipinski definition) is 5. The Morgan fingerprint density at radius 3 is 2.21 bits per heavy atom. The Labute approximate surface area is 168 Å². The maximum Gasteiger partial charge on any atom is 0.228 e. The SMILES string of the molecule is CCCN(CCC)c1cc(-c2ccccc2)nc(N2CCN(C(C)=O)CC2)n1. The van der Waals surface area contributed by atoms with Crippen LogP contribution in [0.5, 0.6) is 0 Å². The van der Waals surface area contributed by atoms with Crippen molar-refractivity contribution in [3.05, 3.63) is 36.4 Å². The summed E-state index contributed by atoms with van der Waals surface area (Å²) in [5, 5.41) is 0. The van der Waals surface area contributed by atoms with Crippen LogP contribution < -0.4 is 9.80 Å². The molecule has 1 aliphatic heterocycles. The molecule has 2 heterocycles. The number of carbonyl (C=O) groups excluding carboxylic acids is 1. The molecule has 0 radical (unpaired) electrons. The van der Waals surface area contributed by atoms with Gasteiger partial charge in [0.25, 0.3) is 0 Å². The molecule has 3 rings (SSSR count). The molecule has 0 N–H and O–H groups in total. The average molecular weight is 382 g/mol. The minimum Gasteiger partial charge on any atom is -0.356 e. The summed E-state index contributed by atoms with van der Waals surface area (Å²) < 4.78 is 0. The number of rotatable bonds is 7. The number of benzene rings is 1. The summed E-state index contributed by atoms with van der Waals surface area (Å²) in [5.74, 6) is 1.88. The molecule has 0 bridgehead atoms. The Hall–Kier alpha value is -2.63. The van der Waals surface area contributed by atoms with Crippen LogP contribution in [-0.4, -0.2) is 60.0 Å². The number of amides is 1. The number of nitrogens with zero attached hydrogens (tertiary/aromatic N) is 5. The molecule has 150 valence electrons. The summed E-state index contributed by atoms with van der Waals surface area (Å²) in [6.45, 7) is 11.0. The van der Waals surface area contributed by atoms with Gasteiger partial charge in [0.1, 0.15) is 5.82 Å². The summed E-state index contributed by atoms with van der Waals surface area (Å²) >= 11 is 0. The molecule has 1 aromatic carbocycles. The van der Waals surface area contributed by atoms with Gasteiger partial charge in [0.2, 0.25) is 11.9 Å². The lowest BCUT2D eigenvalue weighted by Gasteiger charge is -2.35. The van der Waals surface area contributed by atoms with Gasteiger partial charge in [-0.2, -0.15) is 4.98 Å². The van der Waals surface area contributed by atoms with Crippen LogP contribution in [0, 0.1) is 0 Å². The number of carbonyl (C=O) groups is 1. The van der Waals surface area contributed by atoms with Crippen molar-refractivity contribution in [3.63, 3.8) is 0 Å². The Bertz CT molecular complexity index is 766. The summed E-state index contributed by atoms with van der Waals surface area (Å²) in [7, 11) is 0. The molecule has 0 atom stereocenters. The molecule has 1 aromatic heterocycles. The zero-order valence-electron chi connectivity index (χ0n) is 17.3. The minimum atomic E-state index is 0.136. The highest BCUT2D eigenvalue weighted by Crippen LogP contribution is 2.26. The van der Waals surface area contributed by atoms with Crippen molar-refractivity contribution in [3.8, 4) is 11.3 Å². The summed E-state index contributed by atoms with van der Waals surface area (Å²) in [4.78, 5) is 27.9. The van der Waals surface area contributed by atoms with E-state index >= 15 is 0 Å². The Morgan fingerprint density at radius 2 is 1.64 bits per heavy atom. The summed E-state index contributed by atoms with van der Waals surface area (Å²) in [6, 6.07) is 12.4. The standard InChI is InChI=1S/C22H31N5O/c1-4-11-26(12-5-2)21-17-20(19-9-7-6-8-10-19)23-22(24-21)27-15-13-25(14-16-27)18(3)28/h6-10,17H,4-5,11-16H2,1-3H3. The highest BCUT2D eigenvalue weighted by atomic mass is 16.2. The van der Waals surface area contributed by atoms with E-state index < -0.39 is 0 Å². The first-order valence-corrected chi connectivity index (χ1v) is 10.3. The van der Waals surface area contributed by atoms with Crippen molar-refractivity contribution in [1.82, 2.24) is 14.9 Å². The van der Waals surface area contributed by atoms with Gasteiger partial charge in [-0.1, -0.05) is 44.2 Å². The lowest BCUT2D eigenvalue weighted by molar-refractivity contribution is -0.129. The van der Waals surface area contributed by atoms with Crippen LogP contribution in [-0.2, 0) is 4.79 Å². The van der Waals surface area contributed by atoms with E-state index in [9.17, 15) is 4.79 Å². The fraction of sp³-hybridized carbons (Fsp3) is 0.500. The zero-order chi connectivity index (χ0) is 19.9. The van der Waals surface area contributed by atoms with Gasteiger partial charge >= 0.3 is 0 Å². The third kappa shape index (κ3) is 4.80. The van der Waals surface area contributed by atoms with Crippen LogP contribution in [0.3, 0.4) is 0 Å². The average Bonchev–Trinajstić information content (AvgIpc) is 2.74. The molecule has 28 heavy (non-hydrogen) atoms. The highest BCUT2D eigenvalue weighted by Gasteiger charge is 2.22. The monoisotopic (exact) mass is 381 g/mol. The van der Waals surface area contributed by atoms with Gasteiger partial charge in [0, 0.05) is 57.8 Å². The van der Waals surface area contributed by atoms with Crippen LogP contribution in [0.2, 0.25) is 0 Å². The summed E-state index contributed by atoms with van der Waals surface area (Å²) in [6.07, 6.45) is 2.16. The second kappa shape index (κ2) is 9.53. The quantitative estimate of drug-likeness (QED) is 0.735. The van der Waals surface area contributed by atoms with Gasteiger partial charge in [0.15, 0.2) is 0 Å². The van der Waals surface area contributed by atoms with Crippen LogP contribution in [0.4, 0.5) is 11.8 Å². The number of aromatic nitrogens is 2. The lowest BCUT2D eigenvalue weighted by atomic mass is 10.1. The zero-order valence-corrected chi connectivity index (χ0v) is 17.3. The molecule has 1 amide bonds. The van der Waals surface area contributed by atoms with E-state index in [0.717, 1.165) is 75.1 Å². The molecular formula is C22H31N5O. The molecular weight excluding hydrogens is 350 g/mol. The maximum absolute atomic E-state index is 11.6. The van der Waals surface area contributed by atoms with Crippen molar-refractivity contribution in [2.24, 2.45) is 0 Å². The number of anilines is 2. The van der Waals surface area contributed by atoms with E-state index in [1.807, 2.05) is 23.1 Å². The topological polar surface area (TPSA) is 52.6 Å². The molecule has 6 heteroatoms. The summed E-state index contributed by atoms with van der Waals surface area (Å²) in [5.41, 5.74) is 2.05. The Balaban J connectivity index is 1.94. The third-order valence-corrected chi connectivity index (χ3v) is 5.09. The highest BCUT2D eigenvalue weighted by molar-refractivity contribution is 5.73. The molecule has 2 aromatic rings. The van der Waals surface area contributed by atoms with E-state index in [0.29, 0.717) is 0 Å². The van der Waals surface area contributed by atoms with Gasteiger partial charge in [-0.25, -0.2) is 4.98 Å². The van der Waals surface area contributed by atoms with Crippen LogP contribution >= 0.6 is 0 Å².